The molecule has 5 aliphatic rings. The number of ketones is 1. The lowest BCUT2D eigenvalue weighted by atomic mass is 9.71. The molecule has 0 radical (unpaired) electrons. The fraction of sp³-hybridized carbons (Fsp3) is 0.500. The van der Waals surface area contributed by atoms with E-state index in [4.69, 9.17) is 28.4 Å². The van der Waals surface area contributed by atoms with Crippen LogP contribution in [0, 0.1) is 59.3 Å². The van der Waals surface area contributed by atoms with Crippen LogP contribution in [0.5, 0.6) is 0 Å². The van der Waals surface area contributed by atoms with Crippen LogP contribution >= 0.6 is 0 Å². The highest BCUT2D eigenvalue weighted by Crippen LogP contribution is 2.44. The topological polar surface area (TPSA) is 228 Å². The molecule has 2 amide bonds. The van der Waals surface area contributed by atoms with E-state index in [-0.39, 0.29) is 80.9 Å². The van der Waals surface area contributed by atoms with E-state index >= 15 is 0 Å². The predicted octanol–water partition coefficient (Wildman–Crippen LogP) is 9.12. The van der Waals surface area contributed by atoms with Gasteiger partial charge in [0.05, 0.1) is 12.2 Å². The third-order valence-corrected chi connectivity index (χ3v) is 17.8. The van der Waals surface area contributed by atoms with Gasteiger partial charge in [-0.15, -0.1) is 0 Å². The number of allylic oxidation sites excluding steroid dienone is 7. The van der Waals surface area contributed by atoms with Gasteiger partial charge in [-0.25, -0.2) is 19.2 Å². The second kappa shape index (κ2) is 31.7. The van der Waals surface area contributed by atoms with Crippen LogP contribution in [0.25, 0.3) is 0 Å². The summed E-state index contributed by atoms with van der Waals surface area (Å²) in [5.74, 6) is -3.34. The number of esters is 4. The number of amides is 2. The Morgan fingerprint density at radius 2 is 0.978 bits per heavy atom. The van der Waals surface area contributed by atoms with Crippen molar-refractivity contribution in [3.8, 4) is 0 Å². The highest BCUT2D eigenvalue weighted by Gasteiger charge is 2.40. The number of nitrogens with one attached hydrogen (secondary N) is 2. The second-order valence-electron chi connectivity index (χ2n) is 25.6. The first kappa shape index (κ1) is 69.5. The molecule has 90 heavy (non-hydrogen) atoms. The van der Waals surface area contributed by atoms with Gasteiger partial charge in [-0.2, -0.15) is 4.58 Å². The van der Waals surface area contributed by atoms with Crippen LogP contribution < -0.4 is 20.6 Å². The van der Waals surface area contributed by atoms with Crippen LogP contribution in [0.1, 0.15) is 124 Å². The molecule has 3 saturated carbocycles. The van der Waals surface area contributed by atoms with Crippen molar-refractivity contribution in [3.05, 3.63) is 155 Å². The number of carbonyl (C=O) groups is 7. The predicted molar refractivity (Wildman–Crippen MR) is 343 cm³/mol. The Morgan fingerprint density at radius 1 is 0.578 bits per heavy atom. The number of nitrogens with zero attached hydrogens (tertiary/aromatic N) is 2. The number of Topliss-reactive ketones (excluding diaryl/α,β-unsaturated/α-hetero) is 1. The van der Waals surface area contributed by atoms with Crippen LogP contribution in [0.4, 0.5) is 11.4 Å². The second-order valence-corrected chi connectivity index (χ2v) is 25.6. The number of aryl methyl sites for hydroxylation is 6. The molecule has 2 aromatic rings. The molecule has 0 bridgehead atoms. The van der Waals surface area contributed by atoms with Crippen molar-refractivity contribution in [2.24, 2.45) is 17.8 Å². The first-order valence-corrected chi connectivity index (χ1v) is 31.5. The highest BCUT2D eigenvalue weighted by atomic mass is 16.6. The molecule has 0 atom stereocenters. The van der Waals surface area contributed by atoms with E-state index in [1.165, 1.54) is 27.9 Å². The molecule has 0 aliphatic heterocycles. The summed E-state index contributed by atoms with van der Waals surface area (Å²) >= 11 is 0. The first-order chi connectivity index (χ1) is 42.8. The maximum absolute atomic E-state index is 14.2. The van der Waals surface area contributed by atoms with Crippen molar-refractivity contribution in [2.75, 3.05) is 57.6 Å². The largest absolute Gasteiger partial charge is 0.872 e. The van der Waals surface area contributed by atoms with Crippen molar-refractivity contribution in [3.63, 3.8) is 0 Å². The zero-order valence-electron chi connectivity index (χ0n) is 54.0. The van der Waals surface area contributed by atoms with Gasteiger partial charge >= 0.3 is 23.9 Å². The minimum Gasteiger partial charge on any atom is -0.872 e. The molecule has 18 heteroatoms. The number of benzene rings is 2. The van der Waals surface area contributed by atoms with E-state index in [0.29, 0.717) is 23.0 Å². The van der Waals surface area contributed by atoms with Crippen LogP contribution in [0.15, 0.2) is 122 Å². The minimum absolute atomic E-state index is 0.115. The molecule has 484 valence electrons. The van der Waals surface area contributed by atoms with E-state index in [1.807, 2.05) is 24.3 Å². The molecule has 0 unspecified atom stereocenters. The molecule has 18 nitrogen and oxygen atoms in total. The lowest BCUT2D eigenvalue weighted by Crippen LogP contribution is -2.54. The fourth-order valence-corrected chi connectivity index (χ4v) is 13.5. The van der Waals surface area contributed by atoms with Crippen LogP contribution in [0.2, 0.25) is 0 Å². The smallest absolute Gasteiger partial charge is 0.330 e. The molecule has 0 spiro atoms. The maximum atomic E-state index is 14.2. The summed E-state index contributed by atoms with van der Waals surface area (Å²) in [6, 6.07) is 9.07. The number of hydrogen-bond acceptors (Lipinski definition) is 15. The van der Waals surface area contributed by atoms with Crippen molar-refractivity contribution in [1.82, 2.24) is 10.6 Å². The summed E-state index contributed by atoms with van der Waals surface area (Å²) in [5, 5.41) is 19.8. The summed E-state index contributed by atoms with van der Waals surface area (Å²) < 4.78 is 35.4. The van der Waals surface area contributed by atoms with Gasteiger partial charge in [0.1, 0.15) is 50.7 Å². The van der Waals surface area contributed by atoms with E-state index in [0.717, 1.165) is 137 Å². The Morgan fingerprint density at radius 3 is 1.38 bits per heavy atom. The zero-order valence-corrected chi connectivity index (χ0v) is 54.0. The third kappa shape index (κ3) is 18.6. The number of rotatable bonds is 28. The Kier molecular flexibility index (Phi) is 24.5. The van der Waals surface area contributed by atoms with Crippen molar-refractivity contribution in [1.29, 1.82) is 0 Å². The molecular weight excluding hydrogens is 1140 g/mol. The quantitative estimate of drug-likeness (QED) is 0.0350. The molecule has 2 N–H and O–H groups in total. The first-order valence-electron chi connectivity index (χ1n) is 31.5. The van der Waals surface area contributed by atoms with Crippen molar-refractivity contribution in [2.45, 2.75) is 162 Å². The third-order valence-electron chi connectivity index (χ3n) is 17.8. The van der Waals surface area contributed by atoms with Gasteiger partial charge in [0.2, 0.25) is 23.2 Å². The Bertz CT molecular complexity index is 3140. The SMILES string of the molecule is C=CC(=O)OCC(C)(COC(=O)C=C)NC(=O)COC1CCC(CN(c2c(C)cc(C)cc2C)C2CCC(C3=C([O-])C(=C4C=CC(=[N+](CC5CCC(OCC(=O)NC(C)(COC(=O)C=C)COC(=O)C=C)CC5)c5c(C)cc(C)cc5C)C=C4)C3=O)CC2)CC1. The fourth-order valence-electron chi connectivity index (χ4n) is 13.5. The zero-order chi connectivity index (χ0) is 65.5. The summed E-state index contributed by atoms with van der Waals surface area (Å²) in [6.07, 6.45) is 21.3. The standard InChI is InChI=1S/C72H92N4O14/c1-13-61(79)87-41-71(11,42-88-62(80)14-2)73-59(77)39-85-57-29-17-51(18-30-57)37-75(67-47(7)33-45(5)34-48(67)8)55-25-21-53(22-26-55)65-69(83)66(70(65)84)54-23-27-56(28-24-54)76(68-49(9)35-46(6)36-50(68)10)38-52-19-31-58(32-20-52)86-40-60(78)74-72(12,43-89-63(81)15-3)44-90-64(82)16-4/h13-16,21-22,25-26,33-36,51-52,54,56-58H,1-4,17-20,23-24,27-32,37-44H2,5-12H3,(H2-,73,74,77,78,83,84). The number of carbonyl (C=O) groups excluding carboxylic acids is 7. The summed E-state index contributed by atoms with van der Waals surface area (Å²) in [4.78, 5) is 90.5. The lowest BCUT2D eigenvalue weighted by Gasteiger charge is -2.44. The van der Waals surface area contributed by atoms with E-state index in [1.54, 1.807) is 13.8 Å². The van der Waals surface area contributed by atoms with Gasteiger partial charge in [-0.1, -0.05) is 55.3 Å². The monoisotopic (exact) mass is 1240 g/mol. The van der Waals surface area contributed by atoms with Gasteiger partial charge in [0, 0.05) is 77.3 Å². The minimum atomic E-state index is -1.22. The summed E-state index contributed by atoms with van der Waals surface area (Å²) in [5.41, 5.74) is 9.27. The average Bonchev–Trinajstić information content (AvgIpc) is 0.766. The van der Waals surface area contributed by atoms with Crippen LogP contribution in [0.3, 0.4) is 0 Å². The Balaban J connectivity index is 0.969. The van der Waals surface area contributed by atoms with Gasteiger partial charge in [0.15, 0.2) is 12.3 Å². The van der Waals surface area contributed by atoms with Gasteiger partial charge in [-0.05, 0) is 191 Å². The van der Waals surface area contributed by atoms with Crippen LogP contribution in [-0.2, 0) is 62.0 Å². The van der Waals surface area contributed by atoms with Gasteiger partial charge in [0.25, 0.3) is 0 Å². The Labute approximate surface area is 530 Å². The number of anilines is 1. The van der Waals surface area contributed by atoms with Crippen molar-refractivity contribution < 1.29 is 71.7 Å². The van der Waals surface area contributed by atoms with Gasteiger partial charge < -0.3 is 49.1 Å². The maximum Gasteiger partial charge on any atom is 0.330 e. The summed E-state index contributed by atoms with van der Waals surface area (Å²) in [6.45, 7) is 29.8. The number of ether oxygens (including phenoxy) is 6. The van der Waals surface area contributed by atoms with Crippen molar-refractivity contribution >= 4 is 58.6 Å². The molecule has 7 rings (SSSR count). The van der Waals surface area contributed by atoms with E-state index < -0.39 is 46.8 Å². The normalized spacial score (nSPS) is 20.9. The van der Waals surface area contributed by atoms with Gasteiger partial charge in [-0.3, -0.25) is 14.4 Å². The number of hydrogen-bond donors (Lipinski definition) is 2. The summed E-state index contributed by atoms with van der Waals surface area (Å²) in [7, 11) is 0. The molecule has 0 saturated heterocycles. The molecular formula is C72H92N4O14. The average molecular weight is 1240 g/mol. The van der Waals surface area contributed by atoms with E-state index in [2.05, 4.69) is 112 Å². The molecule has 2 aromatic carbocycles. The van der Waals surface area contributed by atoms with Crippen LogP contribution in [-0.4, -0.2) is 134 Å². The molecule has 0 aromatic heterocycles. The Hall–Kier alpha value is -7.96. The highest BCUT2D eigenvalue weighted by molar-refractivity contribution is 6.20. The molecule has 3 fully saturated rings. The van der Waals surface area contributed by atoms with E-state index in [9.17, 15) is 38.7 Å². The lowest BCUT2D eigenvalue weighted by molar-refractivity contribution is -0.450. The molecule has 0 heterocycles. The molecule has 5 aliphatic carbocycles.